The lowest BCUT2D eigenvalue weighted by atomic mass is 9.89. The van der Waals surface area contributed by atoms with Crippen molar-refractivity contribution in [2.24, 2.45) is 5.73 Å². The fourth-order valence-corrected chi connectivity index (χ4v) is 3.35. The molecular formula is C19H22N2O4. The van der Waals surface area contributed by atoms with Gasteiger partial charge in [-0.2, -0.15) is 0 Å². The summed E-state index contributed by atoms with van der Waals surface area (Å²) in [5.41, 5.74) is 3.95. The molecule has 1 unspecified atom stereocenters. The summed E-state index contributed by atoms with van der Waals surface area (Å²) in [6.07, 6.45) is 0.953. The third kappa shape index (κ3) is 4.09. The number of nitrogens with zero attached hydrogens (tertiary/aromatic N) is 1. The Balaban J connectivity index is 1.65. The number of carbonyl (C=O) groups excluding carboxylic acids is 2. The van der Waals surface area contributed by atoms with Crippen molar-refractivity contribution in [2.45, 2.75) is 24.9 Å². The molecule has 2 aromatic rings. The van der Waals surface area contributed by atoms with Crippen molar-refractivity contribution < 1.29 is 19.4 Å². The van der Waals surface area contributed by atoms with E-state index in [4.69, 9.17) is 10.5 Å². The number of benzene rings is 2. The monoisotopic (exact) mass is 342 g/mol. The Kier molecular flexibility index (Phi) is 4.90. The molecule has 0 saturated carbocycles. The average molecular weight is 342 g/mol. The Morgan fingerprint density at radius 2 is 1.96 bits per heavy atom. The van der Waals surface area contributed by atoms with Crippen LogP contribution in [0.25, 0.3) is 10.8 Å². The van der Waals surface area contributed by atoms with Crippen LogP contribution in [0.5, 0.6) is 5.75 Å². The number of β-amino-alcohol motifs (C(OH)–C–C–N with tert-alkyl or cyclic N) is 1. The van der Waals surface area contributed by atoms with E-state index in [1.807, 2.05) is 42.5 Å². The Labute approximate surface area is 146 Å². The van der Waals surface area contributed by atoms with Gasteiger partial charge in [0, 0.05) is 18.5 Å². The zero-order valence-electron chi connectivity index (χ0n) is 14.0. The number of hydrogen-bond donors (Lipinski definition) is 2. The summed E-state index contributed by atoms with van der Waals surface area (Å²) in [5.74, 6) is -0.129. The maximum absolute atomic E-state index is 12.5. The van der Waals surface area contributed by atoms with E-state index < -0.39 is 11.5 Å². The number of hydrogen-bond acceptors (Lipinski definition) is 4. The standard InChI is InChI=1S/C19H22N2O4/c20-17(22)11-19(24)9-4-10-21(13-19)18(23)12-25-16-8-3-6-14-5-1-2-7-15(14)16/h1-3,5-8,24H,4,9-13H2,(H2,20,22). The molecule has 1 heterocycles. The molecule has 1 aliphatic heterocycles. The van der Waals surface area contributed by atoms with E-state index >= 15 is 0 Å². The molecule has 0 radical (unpaired) electrons. The van der Waals surface area contributed by atoms with Crippen LogP contribution < -0.4 is 10.5 Å². The van der Waals surface area contributed by atoms with Gasteiger partial charge < -0.3 is 20.5 Å². The molecule has 1 saturated heterocycles. The molecule has 2 aromatic carbocycles. The first kappa shape index (κ1) is 17.2. The average Bonchev–Trinajstić information content (AvgIpc) is 2.58. The number of piperidine rings is 1. The molecule has 0 aromatic heterocycles. The summed E-state index contributed by atoms with van der Waals surface area (Å²) in [6, 6.07) is 13.5. The van der Waals surface area contributed by atoms with E-state index in [9.17, 15) is 14.7 Å². The zero-order valence-corrected chi connectivity index (χ0v) is 14.0. The molecule has 1 aliphatic rings. The number of ether oxygens (including phenoxy) is 1. The fraction of sp³-hybridized carbons (Fsp3) is 0.368. The quantitative estimate of drug-likeness (QED) is 0.860. The molecule has 3 N–H and O–H groups in total. The van der Waals surface area contributed by atoms with E-state index in [0.29, 0.717) is 25.1 Å². The molecule has 132 valence electrons. The van der Waals surface area contributed by atoms with Crippen LogP contribution in [0.1, 0.15) is 19.3 Å². The van der Waals surface area contributed by atoms with Gasteiger partial charge in [0.25, 0.3) is 5.91 Å². The Bertz CT molecular complexity index is 787. The van der Waals surface area contributed by atoms with Crippen LogP contribution in [0, 0.1) is 0 Å². The maximum Gasteiger partial charge on any atom is 0.260 e. The second kappa shape index (κ2) is 7.11. The summed E-state index contributed by atoms with van der Waals surface area (Å²) >= 11 is 0. The number of rotatable bonds is 5. The summed E-state index contributed by atoms with van der Waals surface area (Å²) in [5, 5.41) is 12.4. The molecule has 0 bridgehead atoms. The number of likely N-dealkylation sites (tertiary alicyclic amines) is 1. The highest BCUT2D eigenvalue weighted by Crippen LogP contribution is 2.26. The maximum atomic E-state index is 12.5. The highest BCUT2D eigenvalue weighted by atomic mass is 16.5. The Morgan fingerprint density at radius 3 is 2.76 bits per heavy atom. The summed E-state index contributed by atoms with van der Waals surface area (Å²) in [7, 11) is 0. The van der Waals surface area contributed by atoms with Crippen LogP contribution in [-0.2, 0) is 9.59 Å². The molecule has 1 fully saturated rings. The van der Waals surface area contributed by atoms with E-state index in [0.717, 1.165) is 10.8 Å². The summed E-state index contributed by atoms with van der Waals surface area (Å²) in [6.45, 7) is 0.535. The normalized spacial score (nSPS) is 20.4. The van der Waals surface area contributed by atoms with Gasteiger partial charge in [-0.1, -0.05) is 36.4 Å². The first-order valence-corrected chi connectivity index (χ1v) is 8.36. The lowest BCUT2D eigenvalue weighted by molar-refractivity contribution is -0.143. The van der Waals surface area contributed by atoms with Crippen LogP contribution in [-0.4, -0.2) is 47.1 Å². The summed E-state index contributed by atoms with van der Waals surface area (Å²) < 4.78 is 5.72. The van der Waals surface area contributed by atoms with E-state index in [1.54, 1.807) is 0 Å². The van der Waals surface area contributed by atoms with Gasteiger partial charge in [-0.05, 0) is 24.3 Å². The minimum atomic E-state index is -1.24. The highest BCUT2D eigenvalue weighted by Gasteiger charge is 2.36. The van der Waals surface area contributed by atoms with Gasteiger partial charge in [0.1, 0.15) is 5.75 Å². The first-order valence-electron chi connectivity index (χ1n) is 8.36. The molecule has 3 rings (SSSR count). The SMILES string of the molecule is NC(=O)CC1(O)CCCN(C(=O)COc2cccc3ccccc23)C1. The molecule has 6 heteroatoms. The van der Waals surface area contributed by atoms with Crippen LogP contribution in [0.2, 0.25) is 0 Å². The van der Waals surface area contributed by atoms with Crippen molar-refractivity contribution in [3.63, 3.8) is 0 Å². The zero-order chi connectivity index (χ0) is 17.9. The van der Waals surface area contributed by atoms with Crippen molar-refractivity contribution >= 4 is 22.6 Å². The van der Waals surface area contributed by atoms with Gasteiger partial charge >= 0.3 is 0 Å². The van der Waals surface area contributed by atoms with Gasteiger partial charge in [-0.15, -0.1) is 0 Å². The number of fused-ring (bicyclic) bond motifs is 1. The Hall–Kier alpha value is -2.60. The van der Waals surface area contributed by atoms with Crippen molar-refractivity contribution in [1.82, 2.24) is 4.90 Å². The van der Waals surface area contributed by atoms with Crippen LogP contribution >= 0.6 is 0 Å². The molecule has 0 spiro atoms. The second-order valence-corrected chi connectivity index (χ2v) is 6.55. The number of carbonyl (C=O) groups is 2. The molecule has 1 atom stereocenters. The molecule has 6 nitrogen and oxygen atoms in total. The molecule has 0 aliphatic carbocycles. The third-order valence-electron chi connectivity index (χ3n) is 4.51. The minimum Gasteiger partial charge on any atom is -0.483 e. The molecule has 25 heavy (non-hydrogen) atoms. The number of primary amides is 1. The van der Waals surface area contributed by atoms with Gasteiger partial charge in [0.2, 0.25) is 5.91 Å². The van der Waals surface area contributed by atoms with E-state index in [-0.39, 0.29) is 25.5 Å². The third-order valence-corrected chi connectivity index (χ3v) is 4.51. The molecular weight excluding hydrogens is 320 g/mol. The van der Waals surface area contributed by atoms with Crippen molar-refractivity contribution in [1.29, 1.82) is 0 Å². The molecule has 2 amide bonds. The lowest BCUT2D eigenvalue weighted by Gasteiger charge is -2.38. The van der Waals surface area contributed by atoms with Crippen molar-refractivity contribution in [2.75, 3.05) is 19.7 Å². The lowest BCUT2D eigenvalue weighted by Crippen LogP contribution is -2.52. The largest absolute Gasteiger partial charge is 0.483 e. The van der Waals surface area contributed by atoms with Crippen LogP contribution in [0.3, 0.4) is 0 Å². The predicted octanol–water partition coefficient (Wildman–Crippen LogP) is 1.45. The van der Waals surface area contributed by atoms with Gasteiger partial charge in [-0.25, -0.2) is 0 Å². The van der Waals surface area contributed by atoms with Crippen molar-refractivity contribution in [3.8, 4) is 5.75 Å². The smallest absolute Gasteiger partial charge is 0.260 e. The van der Waals surface area contributed by atoms with E-state index in [2.05, 4.69) is 0 Å². The van der Waals surface area contributed by atoms with Gasteiger partial charge in [0.15, 0.2) is 6.61 Å². The van der Waals surface area contributed by atoms with Crippen LogP contribution in [0.15, 0.2) is 42.5 Å². The van der Waals surface area contributed by atoms with Gasteiger partial charge in [-0.3, -0.25) is 9.59 Å². The summed E-state index contributed by atoms with van der Waals surface area (Å²) in [4.78, 5) is 25.1. The van der Waals surface area contributed by atoms with Crippen LogP contribution in [0.4, 0.5) is 0 Å². The topological polar surface area (TPSA) is 92.9 Å². The van der Waals surface area contributed by atoms with E-state index in [1.165, 1.54) is 4.90 Å². The Morgan fingerprint density at radius 1 is 1.20 bits per heavy atom. The van der Waals surface area contributed by atoms with Crippen molar-refractivity contribution in [3.05, 3.63) is 42.5 Å². The highest BCUT2D eigenvalue weighted by molar-refractivity contribution is 5.88. The minimum absolute atomic E-state index is 0.105. The number of nitrogens with two attached hydrogens (primary N) is 1. The fourth-order valence-electron chi connectivity index (χ4n) is 3.35. The predicted molar refractivity (Wildman–Crippen MR) is 94.0 cm³/mol. The number of aliphatic hydroxyl groups is 1. The second-order valence-electron chi connectivity index (χ2n) is 6.55. The first-order chi connectivity index (χ1) is 12.0. The van der Waals surface area contributed by atoms with Gasteiger partial charge in [0.05, 0.1) is 12.0 Å². The number of amides is 2.